The highest BCUT2D eigenvalue weighted by molar-refractivity contribution is 5.78. The number of aromatic nitrogens is 1. The van der Waals surface area contributed by atoms with Crippen LogP contribution in [0.25, 0.3) is 11.7 Å². The van der Waals surface area contributed by atoms with Gasteiger partial charge in [0.15, 0.2) is 5.76 Å². The smallest absolute Gasteiger partial charge is 0.263 e. The Balaban J connectivity index is 1.58. The molecular formula is C15H19N3O3. The lowest BCUT2D eigenvalue weighted by atomic mass is 10.2. The van der Waals surface area contributed by atoms with E-state index < -0.39 is 0 Å². The topological polar surface area (TPSA) is 80.3 Å². The number of oxazole rings is 1. The van der Waals surface area contributed by atoms with Crippen LogP contribution >= 0.6 is 0 Å². The van der Waals surface area contributed by atoms with Crippen LogP contribution in [0.5, 0.6) is 0 Å². The van der Waals surface area contributed by atoms with Crippen molar-refractivity contribution in [3.63, 3.8) is 0 Å². The van der Waals surface area contributed by atoms with Crippen molar-refractivity contribution in [2.24, 2.45) is 0 Å². The molecule has 1 saturated heterocycles. The first-order valence-electron chi connectivity index (χ1n) is 7.22. The zero-order chi connectivity index (χ0) is 14.7. The van der Waals surface area contributed by atoms with Crippen LogP contribution in [-0.4, -0.2) is 30.0 Å². The third kappa shape index (κ3) is 3.33. The van der Waals surface area contributed by atoms with Crippen molar-refractivity contribution in [1.29, 1.82) is 0 Å². The number of hydrogen-bond donors (Lipinski definition) is 2. The standard InChI is InChI=1S/C15H19N3O3/c1-10-12(18-15(21-10)13-5-3-7-20-13)8-14(19)17-9-11-4-2-6-16-11/h3,5,7,11,16H,2,4,6,8-9H2,1H3,(H,17,19). The number of nitrogens with one attached hydrogen (secondary N) is 2. The first-order valence-corrected chi connectivity index (χ1v) is 7.22. The van der Waals surface area contributed by atoms with Gasteiger partial charge in [0.05, 0.1) is 18.4 Å². The summed E-state index contributed by atoms with van der Waals surface area (Å²) in [5, 5.41) is 6.29. The van der Waals surface area contributed by atoms with Crippen LogP contribution in [0, 0.1) is 6.92 Å². The predicted octanol–water partition coefficient (Wildman–Crippen LogP) is 1.65. The number of carbonyl (C=O) groups is 1. The zero-order valence-electron chi connectivity index (χ0n) is 12.0. The van der Waals surface area contributed by atoms with E-state index in [4.69, 9.17) is 8.83 Å². The maximum absolute atomic E-state index is 12.0. The molecule has 2 aromatic heterocycles. The summed E-state index contributed by atoms with van der Waals surface area (Å²) in [5.41, 5.74) is 0.651. The molecule has 0 saturated carbocycles. The number of aryl methyl sites for hydroxylation is 1. The van der Waals surface area contributed by atoms with Gasteiger partial charge in [0.1, 0.15) is 5.76 Å². The Morgan fingerprint density at radius 3 is 3.19 bits per heavy atom. The Kier molecular flexibility index (Phi) is 4.06. The van der Waals surface area contributed by atoms with Gasteiger partial charge in [-0.15, -0.1) is 0 Å². The lowest BCUT2D eigenvalue weighted by Crippen LogP contribution is -2.37. The van der Waals surface area contributed by atoms with Crippen LogP contribution in [-0.2, 0) is 11.2 Å². The van der Waals surface area contributed by atoms with Gasteiger partial charge in [-0.3, -0.25) is 4.79 Å². The maximum atomic E-state index is 12.0. The number of amides is 1. The molecule has 1 amide bonds. The Hall–Kier alpha value is -2.08. The monoisotopic (exact) mass is 289 g/mol. The molecule has 2 N–H and O–H groups in total. The SMILES string of the molecule is Cc1oc(-c2ccco2)nc1CC(=O)NCC1CCCN1. The highest BCUT2D eigenvalue weighted by Gasteiger charge is 2.18. The van der Waals surface area contributed by atoms with Gasteiger partial charge in [0.2, 0.25) is 5.91 Å². The number of hydrogen-bond acceptors (Lipinski definition) is 5. The molecule has 1 unspecified atom stereocenters. The molecule has 1 atom stereocenters. The quantitative estimate of drug-likeness (QED) is 0.875. The molecular weight excluding hydrogens is 270 g/mol. The molecule has 2 aromatic rings. The highest BCUT2D eigenvalue weighted by Crippen LogP contribution is 2.22. The Labute approximate surface area is 122 Å². The number of carbonyl (C=O) groups excluding carboxylic acids is 1. The Morgan fingerprint density at radius 2 is 2.48 bits per heavy atom. The van der Waals surface area contributed by atoms with Gasteiger partial charge in [-0.25, -0.2) is 4.98 Å². The van der Waals surface area contributed by atoms with Gasteiger partial charge in [-0.05, 0) is 38.4 Å². The predicted molar refractivity (Wildman–Crippen MR) is 76.7 cm³/mol. The van der Waals surface area contributed by atoms with Crippen molar-refractivity contribution in [2.45, 2.75) is 32.2 Å². The molecule has 1 aliphatic heterocycles. The first-order chi connectivity index (χ1) is 10.2. The van der Waals surface area contributed by atoms with Crippen molar-refractivity contribution in [2.75, 3.05) is 13.1 Å². The van der Waals surface area contributed by atoms with Gasteiger partial charge in [0.25, 0.3) is 5.89 Å². The van der Waals surface area contributed by atoms with Crippen LogP contribution in [0.4, 0.5) is 0 Å². The van der Waals surface area contributed by atoms with Crippen LogP contribution < -0.4 is 10.6 Å². The number of furan rings is 1. The minimum atomic E-state index is -0.0360. The summed E-state index contributed by atoms with van der Waals surface area (Å²) in [6.07, 6.45) is 4.08. The average molecular weight is 289 g/mol. The fourth-order valence-corrected chi connectivity index (χ4v) is 2.48. The largest absolute Gasteiger partial charge is 0.459 e. The number of rotatable bonds is 5. The fourth-order valence-electron chi connectivity index (χ4n) is 2.48. The molecule has 0 aromatic carbocycles. The second-order valence-electron chi connectivity index (χ2n) is 5.27. The van der Waals surface area contributed by atoms with Crippen LogP contribution in [0.3, 0.4) is 0 Å². The van der Waals surface area contributed by atoms with Gasteiger partial charge in [0, 0.05) is 12.6 Å². The second-order valence-corrected chi connectivity index (χ2v) is 5.27. The van der Waals surface area contributed by atoms with E-state index in [9.17, 15) is 4.79 Å². The molecule has 6 nitrogen and oxygen atoms in total. The second kappa shape index (κ2) is 6.13. The molecule has 0 spiro atoms. The van der Waals surface area contributed by atoms with Crippen LogP contribution in [0.2, 0.25) is 0 Å². The van der Waals surface area contributed by atoms with Crippen molar-refractivity contribution in [3.05, 3.63) is 29.9 Å². The zero-order valence-corrected chi connectivity index (χ0v) is 12.0. The van der Waals surface area contributed by atoms with Gasteiger partial charge in [-0.1, -0.05) is 0 Å². The molecule has 3 heterocycles. The van der Waals surface area contributed by atoms with Crippen molar-refractivity contribution >= 4 is 5.91 Å². The normalized spacial score (nSPS) is 18.0. The van der Waals surface area contributed by atoms with Gasteiger partial charge in [-0.2, -0.15) is 0 Å². The van der Waals surface area contributed by atoms with Crippen molar-refractivity contribution < 1.29 is 13.6 Å². The van der Waals surface area contributed by atoms with E-state index in [1.807, 2.05) is 0 Å². The molecule has 0 radical (unpaired) electrons. The summed E-state index contributed by atoms with van der Waals surface area (Å²) < 4.78 is 10.8. The Morgan fingerprint density at radius 1 is 1.57 bits per heavy atom. The first kappa shape index (κ1) is 13.9. The molecule has 112 valence electrons. The van der Waals surface area contributed by atoms with E-state index >= 15 is 0 Å². The van der Waals surface area contributed by atoms with Crippen molar-refractivity contribution in [3.8, 4) is 11.7 Å². The minimum absolute atomic E-state index is 0.0360. The average Bonchev–Trinajstić information content (AvgIpc) is 3.18. The summed E-state index contributed by atoms with van der Waals surface area (Å²) in [7, 11) is 0. The lowest BCUT2D eigenvalue weighted by Gasteiger charge is -2.10. The molecule has 3 rings (SSSR count). The minimum Gasteiger partial charge on any atom is -0.459 e. The third-order valence-corrected chi connectivity index (χ3v) is 3.66. The lowest BCUT2D eigenvalue weighted by molar-refractivity contribution is -0.120. The Bertz CT molecular complexity index is 598. The fraction of sp³-hybridized carbons (Fsp3) is 0.467. The highest BCUT2D eigenvalue weighted by atomic mass is 16.4. The van der Waals surface area contributed by atoms with E-state index in [0.717, 1.165) is 13.0 Å². The van der Waals surface area contributed by atoms with Gasteiger partial charge < -0.3 is 19.5 Å². The summed E-state index contributed by atoms with van der Waals surface area (Å²) in [6, 6.07) is 3.95. The summed E-state index contributed by atoms with van der Waals surface area (Å²) >= 11 is 0. The third-order valence-electron chi connectivity index (χ3n) is 3.66. The molecule has 21 heavy (non-hydrogen) atoms. The molecule has 1 aliphatic rings. The maximum Gasteiger partial charge on any atom is 0.263 e. The molecule has 6 heteroatoms. The summed E-state index contributed by atoms with van der Waals surface area (Å²) in [4.78, 5) is 16.3. The van der Waals surface area contributed by atoms with Gasteiger partial charge >= 0.3 is 0 Å². The van der Waals surface area contributed by atoms with Crippen molar-refractivity contribution in [1.82, 2.24) is 15.6 Å². The summed E-state index contributed by atoms with van der Waals surface area (Å²) in [6.45, 7) is 3.51. The molecule has 0 aliphatic carbocycles. The van der Waals surface area contributed by atoms with E-state index in [2.05, 4.69) is 15.6 Å². The van der Waals surface area contributed by atoms with E-state index in [1.54, 1.807) is 25.3 Å². The van der Waals surface area contributed by atoms with E-state index in [0.29, 0.717) is 35.7 Å². The number of nitrogens with zero attached hydrogens (tertiary/aromatic N) is 1. The summed E-state index contributed by atoms with van der Waals surface area (Å²) in [5.74, 6) is 1.60. The van der Waals surface area contributed by atoms with E-state index in [1.165, 1.54) is 6.42 Å². The van der Waals surface area contributed by atoms with Crippen LogP contribution in [0.1, 0.15) is 24.3 Å². The molecule has 1 fully saturated rings. The van der Waals surface area contributed by atoms with E-state index in [-0.39, 0.29) is 12.3 Å². The van der Waals surface area contributed by atoms with Crippen LogP contribution in [0.15, 0.2) is 27.2 Å². The molecule has 0 bridgehead atoms.